The molecule has 0 saturated heterocycles. The van der Waals surface area contributed by atoms with Crippen LogP contribution in [0.2, 0.25) is 0 Å². The van der Waals surface area contributed by atoms with Gasteiger partial charge in [-0.2, -0.15) is 4.31 Å². The maximum Gasteiger partial charge on any atom is 0.243 e. The third-order valence-electron chi connectivity index (χ3n) is 2.79. The molecule has 1 aromatic carbocycles. The number of sulfonamides is 1. The third kappa shape index (κ3) is 3.33. The highest BCUT2D eigenvalue weighted by molar-refractivity contribution is 14.1. The van der Waals surface area contributed by atoms with Crippen molar-refractivity contribution in [2.75, 3.05) is 14.2 Å². The summed E-state index contributed by atoms with van der Waals surface area (Å²) >= 11 is 3.61. The van der Waals surface area contributed by atoms with Crippen LogP contribution in [-0.4, -0.2) is 26.9 Å². The number of hydrogen-bond acceptors (Lipinski definition) is 4. The minimum absolute atomic E-state index is 0.279. The lowest BCUT2D eigenvalue weighted by Crippen LogP contribution is -2.26. The van der Waals surface area contributed by atoms with Gasteiger partial charge >= 0.3 is 0 Å². The predicted molar refractivity (Wildman–Crippen MR) is 88.7 cm³/mol. The molecule has 0 N–H and O–H groups in total. The maximum atomic E-state index is 12.5. The fourth-order valence-electron chi connectivity index (χ4n) is 1.69. The second-order valence-corrected chi connectivity index (χ2v) is 8.38. The van der Waals surface area contributed by atoms with Gasteiger partial charge < -0.3 is 4.74 Å². The molecule has 0 aliphatic carbocycles. The summed E-state index contributed by atoms with van der Waals surface area (Å²) in [5.41, 5.74) is 0. The lowest BCUT2D eigenvalue weighted by atomic mass is 10.3. The van der Waals surface area contributed by atoms with Crippen LogP contribution < -0.4 is 4.74 Å². The van der Waals surface area contributed by atoms with Crippen LogP contribution in [0.25, 0.3) is 0 Å². The average molecular weight is 423 g/mol. The fraction of sp³-hybridized carbons (Fsp3) is 0.231. The van der Waals surface area contributed by atoms with Crippen LogP contribution in [0.1, 0.15) is 4.88 Å². The van der Waals surface area contributed by atoms with Crippen molar-refractivity contribution in [2.24, 2.45) is 0 Å². The molecule has 2 aromatic rings. The Hall–Kier alpha value is -0.640. The van der Waals surface area contributed by atoms with Crippen molar-refractivity contribution < 1.29 is 13.2 Å². The molecular formula is C13H14INO3S2. The highest BCUT2D eigenvalue weighted by Gasteiger charge is 2.22. The largest absolute Gasteiger partial charge is 0.496 e. The Morgan fingerprint density at radius 3 is 2.65 bits per heavy atom. The van der Waals surface area contributed by atoms with Gasteiger partial charge in [-0.1, -0.05) is 6.07 Å². The number of nitrogens with zero attached hydrogens (tertiary/aromatic N) is 1. The van der Waals surface area contributed by atoms with Gasteiger partial charge in [-0.3, -0.25) is 0 Å². The predicted octanol–water partition coefficient (Wildman–Crippen LogP) is 3.18. The van der Waals surface area contributed by atoms with Crippen molar-refractivity contribution >= 4 is 44.0 Å². The van der Waals surface area contributed by atoms with Gasteiger partial charge in [-0.15, -0.1) is 11.3 Å². The molecule has 2 rings (SSSR count). The first-order valence-corrected chi connectivity index (χ1v) is 9.17. The van der Waals surface area contributed by atoms with E-state index in [-0.39, 0.29) is 4.90 Å². The van der Waals surface area contributed by atoms with E-state index < -0.39 is 10.0 Å². The van der Waals surface area contributed by atoms with Gasteiger partial charge in [0.1, 0.15) is 5.75 Å². The molecular weight excluding hydrogens is 409 g/mol. The number of hydrogen-bond donors (Lipinski definition) is 0. The number of benzene rings is 1. The molecule has 0 fully saturated rings. The highest BCUT2D eigenvalue weighted by Crippen LogP contribution is 2.26. The van der Waals surface area contributed by atoms with E-state index in [2.05, 4.69) is 22.6 Å². The minimum atomic E-state index is -3.48. The number of thiophene rings is 1. The Balaban J connectivity index is 2.27. The zero-order chi connectivity index (χ0) is 14.8. The van der Waals surface area contributed by atoms with Crippen molar-refractivity contribution in [3.05, 3.63) is 44.2 Å². The zero-order valence-electron chi connectivity index (χ0n) is 11.0. The molecule has 4 nitrogen and oxygen atoms in total. The second-order valence-electron chi connectivity index (χ2n) is 4.14. The Labute approximate surface area is 136 Å². The van der Waals surface area contributed by atoms with Crippen LogP contribution in [0.5, 0.6) is 5.75 Å². The van der Waals surface area contributed by atoms with E-state index in [4.69, 9.17) is 4.74 Å². The van der Waals surface area contributed by atoms with Gasteiger partial charge in [0, 0.05) is 18.5 Å². The van der Waals surface area contributed by atoms with Crippen LogP contribution in [-0.2, 0) is 16.6 Å². The summed E-state index contributed by atoms with van der Waals surface area (Å²) in [6.07, 6.45) is 0. The van der Waals surface area contributed by atoms with Gasteiger partial charge in [0.2, 0.25) is 10.0 Å². The van der Waals surface area contributed by atoms with Crippen LogP contribution >= 0.6 is 33.9 Å². The smallest absolute Gasteiger partial charge is 0.243 e. The Morgan fingerprint density at radius 1 is 1.35 bits per heavy atom. The molecule has 0 amide bonds. The quantitative estimate of drug-likeness (QED) is 0.695. The van der Waals surface area contributed by atoms with Gasteiger partial charge in [-0.05, 0) is 52.2 Å². The topological polar surface area (TPSA) is 46.6 Å². The van der Waals surface area contributed by atoms with Crippen LogP contribution in [0.3, 0.4) is 0 Å². The lowest BCUT2D eigenvalue weighted by Gasteiger charge is -2.17. The van der Waals surface area contributed by atoms with E-state index >= 15 is 0 Å². The number of ether oxygens (including phenoxy) is 1. The molecule has 7 heteroatoms. The van der Waals surface area contributed by atoms with E-state index in [1.165, 1.54) is 4.31 Å². The SMILES string of the molecule is COc1ccc(S(=O)(=O)N(C)Cc2cccs2)cc1I. The summed E-state index contributed by atoms with van der Waals surface area (Å²) in [6, 6.07) is 8.71. The first-order valence-electron chi connectivity index (χ1n) is 5.77. The normalized spacial score (nSPS) is 11.8. The summed E-state index contributed by atoms with van der Waals surface area (Å²) in [6.45, 7) is 0.378. The van der Waals surface area contributed by atoms with Crippen molar-refractivity contribution in [2.45, 2.75) is 11.4 Å². The summed E-state index contributed by atoms with van der Waals surface area (Å²) < 4.78 is 32.3. The van der Waals surface area contributed by atoms with Gasteiger partial charge in [-0.25, -0.2) is 8.42 Å². The summed E-state index contributed by atoms with van der Waals surface area (Å²) in [4.78, 5) is 1.29. The third-order valence-corrected chi connectivity index (χ3v) is 6.29. The molecule has 0 aliphatic rings. The highest BCUT2D eigenvalue weighted by atomic mass is 127. The molecule has 0 saturated carbocycles. The first-order chi connectivity index (χ1) is 9.45. The monoisotopic (exact) mass is 423 g/mol. The number of methoxy groups -OCH3 is 1. The van der Waals surface area contributed by atoms with Crippen LogP contribution in [0, 0.1) is 3.57 Å². The number of halogens is 1. The summed E-state index contributed by atoms with van der Waals surface area (Å²) in [7, 11) is -0.329. The Kier molecular flexibility index (Phi) is 5.05. The first kappa shape index (κ1) is 15.7. The van der Waals surface area contributed by atoms with E-state index in [9.17, 15) is 8.42 Å². The molecule has 108 valence electrons. The van der Waals surface area contributed by atoms with Gasteiger partial charge in [0.15, 0.2) is 0 Å². The molecule has 1 aromatic heterocycles. The van der Waals surface area contributed by atoms with Crippen molar-refractivity contribution in [1.82, 2.24) is 4.31 Å². The standard InChI is InChI=1S/C13H14INO3S2/c1-15(9-10-4-3-7-19-10)20(16,17)11-5-6-13(18-2)12(14)8-11/h3-8H,9H2,1-2H3. The van der Waals surface area contributed by atoms with E-state index in [0.717, 1.165) is 8.45 Å². The summed E-state index contributed by atoms with van der Waals surface area (Å²) in [5, 5.41) is 1.94. The Bertz CT molecular complexity index is 684. The number of rotatable bonds is 5. The van der Waals surface area contributed by atoms with Gasteiger partial charge in [0.25, 0.3) is 0 Å². The van der Waals surface area contributed by atoms with Crippen LogP contribution in [0.15, 0.2) is 40.6 Å². The van der Waals surface area contributed by atoms with E-state index in [0.29, 0.717) is 12.3 Å². The molecule has 1 heterocycles. The molecule has 20 heavy (non-hydrogen) atoms. The molecule has 0 atom stereocenters. The van der Waals surface area contributed by atoms with Crippen LogP contribution in [0.4, 0.5) is 0 Å². The molecule has 0 bridgehead atoms. The average Bonchev–Trinajstić information content (AvgIpc) is 2.91. The maximum absolute atomic E-state index is 12.5. The molecule has 0 spiro atoms. The summed E-state index contributed by atoms with van der Waals surface area (Å²) in [5.74, 6) is 0.672. The minimum Gasteiger partial charge on any atom is -0.496 e. The van der Waals surface area contributed by atoms with Crippen molar-refractivity contribution in [3.8, 4) is 5.75 Å². The lowest BCUT2D eigenvalue weighted by molar-refractivity contribution is 0.411. The molecule has 0 unspecified atom stereocenters. The van der Waals surface area contributed by atoms with E-state index in [1.54, 1.807) is 43.7 Å². The van der Waals surface area contributed by atoms with E-state index in [1.807, 2.05) is 17.5 Å². The molecule has 0 aliphatic heterocycles. The Morgan fingerprint density at radius 2 is 2.10 bits per heavy atom. The zero-order valence-corrected chi connectivity index (χ0v) is 14.8. The van der Waals surface area contributed by atoms with Crippen molar-refractivity contribution in [3.63, 3.8) is 0 Å². The molecule has 0 radical (unpaired) electrons. The van der Waals surface area contributed by atoms with Crippen molar-refractivity contribution in [1.29, 1.82) is 0 Å². The fourth-order valence-corrected chi connectivity index (χ4v) is 4.66. The van der Waals surface area contributed by atoms with Gasteiger partial charge in [0.05, 0.1) is 15.6 Å². The second kappa shape index (κ2) is 6.42.